The van der Waals surface area contributed by atoms with Gasteiger partial charge in [0.25, 0.3) is 11.1 Å². The molecule has 0 bridgehead atoms. The van der Waals surface area contributed by atoms with Crippen LogP contribution in [0.15, 0.2) is 19.5 Å². The zero-order valence-corrected chi connectivity index (χ0v) is 20.6. The summed E-state index contributed by atoms with van der Waals surface area (Å²) in [6, 6.07) is 0. The number of hydrogen-bond acceptors (Lipinski definition) is 8. The van der Waals surface area contributed by atoms with Gasteiger partial charge in [-0.1, -0.05) is 25.1 Å². The Labute approximate surface area is 192 Å². The summed E-state index contributed by atoms with van der Waals surface area (Å²) in [6.45, 7) is 8.03. The number of carbonyl (C=O) groups excluding carboxylic acids is 1. The average Bonchev–Trinajstić information content (AvgIpc) is 3.04. The van der Waals surface area contributed by atoms with Crippen molar-refractivity contribution < 1.29 is 4.79 Å². The molecule has 0 fully saturated rings. The Hall–Kier alpha value is -2.66. The van der Waals surface area contributed by atoms with Crippen molar-refractivity contribution in [2.45, 2.75) is 57.5 Å². The van der Waals surface area contributed by atoms with E-state index in [1.165, 1.54) is 25.4 Å². The third-order valence-electron chi connectivity index (χ3n) is 5.60. The zero-order chi connectivity index (χ0) is 23.9. The molecule has 0 aliphatic heterocycles. The van der Waals surface area contributed by atoms with E-state index in [2.05, 4.69) is 0 Å². The van der Waals surface area contributed by atoms with Gasteiger partial charge in [0.2, 0.25) is 0 Å². The van der Waals surface area contributed by atoms with Crippen LogP contribution in [0.25, 0.3) is 10.2 Å². The molecular formula is C21H27N5O4S2. The van der Waals surface area contributed by atoms with Crippen molar-refractivity contribution in [1.29, 1.82) is 0 Å². The minimum Gasteiger partial charge on any atom is -0.384 e. The predicted molar refractivity (Wildman–Crippen MR) is 129 cm³/mol. The van der Waals surface area contributed by atoms with Gasteiger partial charge in [0.1, 0.15) is 16.2 Å². The topological polar surface area (TPSA) is 122 Å². The minimum absolute atomic E-state index is 0.120. The Morgan fingerprint density at radius 1 is 1.16 bits per heavy atom. The molecule has 0 aliphatic rings. The number of hydrogen-bond donors (Lipinski definition) is 1. The maximum absolute atomic E-state index is 13.3. The molecule has 0 radical (unpaired) electrons. The maximum Gasteiger partial charge on any atom is 0.332 e. The number of anilines is 1. The molecule has 0 saturated heterocycles. The fraction of sp³-hybridized carbons (Fsp3) is 0.476. The van der Waals surface area contributed by atoms with Crippen LogP contribution < -0.4 is 22.5 Å². The first-order valence-corrected chi connectivity index (χ1v) is 12.0. The summed E-state index contributed by atoms with van der Waals surface area (Å²) in [5.74, 6) is -0.689. The molecule has 172 valence electrons. The summed E-state index contributed by atoms with van der Waals surface area (Å²) in [7, 11) is 2.71. The lowest BCUT2D eigenvalue weighted by molar-refractivity contribution is 0.0992. The Balaban J connectivity index is 2.10. The number of thioether (sulfide) groups is 1. The number of carbonyl (C=O) groups is 1. The van der Waals surface area contributed by atoms with E-state index in [0.29, 0.717) is 21.9 Å². The predicted octanol–water partition coefficient (Wildman–Crippen LogP) is 2.22. The lowest BCUT2D eigenvalue weighted by Gasteiger charge is -2.16. The van der Waals surface area contributed by atoms with Gasteiger partial charge < -0.3 is 5.73 Å². The fourth-order valence-corrected chi connectivity index (χ4v) is 5.48. The van der Waals surface area contributed by atoms with Crippen molar-refractivity contribution in [3.8, 4) is 0 Å². The second-order valence-electron chi connectivity index (χ2n) is 7.76. The van der Waals surface area contributed by atoms with Gasteiger partial charge in [-0.05, 0) is 32.8 Å². The highest BCUT2D eigenvalue weighted by molar-refractivity contribution is 8.00. The molecule has 1 atom stereocenters. The van der Waals surface area contributed by atoms with Gasteiger partial charge in [-0.3, -0.25) is 28.1 Å². The van der Waals surface area contributed by atoms with Crippen LogP contribution in [0.3, 0.4) is 0 Å². The van der Waals surface area contributed by atoms with Gasteiger partial charge in [0.05, 0.1) is 10.6 Å². The smallest absolute Gasteiger partial charge is 0.332 e. The summed E-state index contributed by atoms with van der Waals surface area (Å²) in [4.78, 5) is 57.5. The van der Waals surface area contributed by atoms with E-state index in [1.54, 1.807) is 11.5 Å². The number of ketones is 1. The SMILES string of the molecule is CCCCn1c(SC(C)C(=O)c2c(N)n(C)c(=O)n(C)c2=O)nc2sc(C)c(C)c2c1=O. The van der Waals surface area contributed by atoms with E-state index in [4.69, 9.17) is 10.7 Å². The molecule has 9 nitrogen and oxygen atoms in total. The van der Waals surface area contributed by atoms with Crippen LogP contribution in [-0.4, -0.2) is 29.7 Å². The quantitative estimate of drug-likeness (QED) is 0.314. The third kappa shape index (κ3) is 3.95. The maximum atomic E-state index is 13.3. The van der Waals surface area contributed by atoms with Crippen LogP contribution in [0.1, 0.15) is 47.5 Å². The number of unbranched alkanes of at least 4 members (excludes halogenated alkanes) is 1. The lowest BCUT2D eigenvalue weighted by atomic mass is 10.1. The Kier molecular flexibility index (Phi) is 6.80. The van der Waals surface area contributed by atoms with Crippen molar-refractivity contribution in [2.75, 3.05) is 5.73 Å². The van der Waals surface area contributed by atoms with Crippen molar-refractivity contribution in [1.82, 2.24) is 18.7 Å². The van der Waals surface area contributed by atoms with Crippen LogP contribution in [0, 0.1) is 13.8 Å². The first-order valence-electron chi connectivity index (χ1n) is 10.3. The standard InChI is InChI=1S/C21H27N5O4S2/c1-7-8-9-26-19(29)13-10(2)11(3)31-17(13)23-20(26)32-12(4)15(27)14-16(22)24(5)21(30)25(6)18(14)28/h12H,7-9,22H2,1-6H3. The Morgan fingerprint density at radius 2 is 1.81 bits per heavy atom. The van der Waals surface area contributed by atoms with Crippen molar-refractivity contribution in [3.63, 3.8) is 0 Å². The van der Waals surface area contributed by atoms with Gasteiger partial charge in [0, 0.05) is 25.5 Å². The zero-order valence-electron chi connectivity index (χ0n) is 19.0. The summed E-state index contributed by atoms with van der Waals surface area (Å²) >= 11 is 2.57. The second kappa shape index (κ2) is 9.07. The highest BCUT2D eigenvalue weighted by Gasteiger charge is 2.27. The van der Waals surface area contributed by atoms with Gasteiger partial charge >= 0.3 is 5.69 Å². The van der Waals surface area contributed by atoms with E-state index in [0.717, 1.165) is 44.2 Å². The number of Topliss-reactive ketones (excluding diaryl/α,β-unsaturated/α-hetero) is 1. The number of aryl methyl sites for hydroxylation is 2. The molecule has 0 aliphatic carbocycles. The van der Waals surface area contributed by atoms with Crippen LogP contribution >= 0.6 is 23.1 Å². The first kappa shape index (κ1) is 24.0. The monoisotopic (exact) mass is 477 g/mol. The van der Waals surface area contributed by atoms with Crippen LogP contribution in [0.5, 0.6) is 0 Å². The van der Waals surface area contributed by atoms with Gasteiger partial charge in [0.15, 0.2) is 10.9 Å². The molecule has 0 amide bonds. The molecule has 3 rings (SSSR count). The number of fused-ring (bicyclic) bond motifs is 1. The molecule has 11 heteroatoms. The van der Waals surface area contributed by atoms with Crippen molar-refractivity contribution in [3.05, 3.63) is 47.2 Å². The summed E-state index contributed by atoms with van der Waals surface area (Å²) in [6.07, 6.45) is 1.69. The van der Waals surface area contributed by atoms with Gasteiger partial charge in [-0.25, -0.2) is 9.78 Å². The fourth-order valence-electron chi connectivity index (χ4n) is 3.42. The van der Waals surface area contributed by atoms with Crippen LogP contribution in [0.4, 0.5) is 5.82 Å². The molecule has 2 N–H and O–H groups in total. The largest absolute Gasteiger partial charge is 0.384 e. The molecular weight excluding hydrogens is 450 g/mol. The first-order chi connectivity index (χ1) is 15.0. The van der Waals surface area contributed by atoms with Crippen molar-refractivity contribution in [2.24, 2.45) is 14.1 Å². The molecule has 0 aromatic carbocycles. The van der Waals surface area contributed by atoms with E-state index in [1.807, 2.05) is 20.8 Å². The highest BCUT2D eigenvalue weighted by atomic mass is 32.2. The van der Waals surface area contributed by atoms with E-state index < -0.39 is 22.3 Å². The number of rotatable bonds is 7. The van der Waals surface area contributed by atoms with Crippen molar-refractivity contribution >= 4 is 44.9 Å². The van der Waals surface area contributed by atoms with Crippen LogP contribution in [-0.2, 0) is 20.6 Å². The number of thiophene rings is 1. The third-order valence-corrected chi connectivity index (χ3v) is 7.79. The molecule has 32 heavy (non-hydrogen) atoms. The summed E-state index contributed by atoms with van der Waals surface area (Å²) < 4.78 is 3.55. The normalized spacial score (nSPS) is 12.4. The summed E-state index contributed by atoms with van der Waals surface area (Å²) in [5.41, 5.74) is 5.18. The second-order valence-corrected chi connectivity index (χ2v) is 10.3. The number of aromatic nitrogens is 4. The number of nitrogens with zero attached hydrogens (tertiary/aromatic N) is 4. The molecule has 0 saturated carbocycles. The minimum atomic E-state index is -0.748. The molecule has 0 spiro atoms. The highest BCUT2D eigenvalue weighted by Crippen LogP contribution is 2.30. The summed E-state index contributed by atoms with van der Waals surface area (Å²) in [5, 5.41) is 0.295. The van der Waals surface area contributed by atoms with E-state index in [-0.39, 0.29) is 16.9 Å². The average molecular weight is 478 g/mol. The van der Waals surface area contributed by atoms with Gasteiger partial charge in [-0.2, -0.15) is 0 Å². The molecule has 3 heterocycles. The van der Waals surface area contributed by atoms with Crippen LogP contribution in [0.2, 0.25) is 0 Å². The lowest BCUT2D eigenvalue weighted by Crippen LogP contribution is -2.42. The Morgan fingerprint density at radius 3 is 2.44 bits per heavy atom. The molecule has 3 aromatic rings. The van der Waals surface area contributed by atoms with Gasteiger partial charge in [-0.15, -0.1) is 11.3 Å². The number of nitrogens with two attached hydrogens (primary N) is 1. The molecule has 1 unspecified atom stereocenters. The van der Waals surface area contributed by atoms with E-state index >= 15 is 0 Å². The van der Waals surface area contributed by atoms with E-state index in [9.17, 15) is 19.2 Å². The Bertz CT molecular complexity index is 1400. The number of nitrogen functional groups attached to an aromatic ring is 1. The molecule has 3 aromatic heterocycles.